The van der Waals surface area contributed by atoms with Crippen molar-refractivity contribution in [2.24, 2.45) is 0 Å². The molecule has 8 heteroatoms. The van der Waals surface area contributed by atoms with Crippen LogP contribution in [0.4, 0.5) is 11.8 Å². The number of anilines is 2. The minimum atomic E-state index is 0.189. The number of hydrogen-bond acceptors (Lipinski definition) is 7. The van der Waals surface area contributed by atoms with Crippen LogP contribution in [0.2, 0.25) is 0 Å². The zero-order valence-electron chi connectivity index (χ0n) is 12.9. The number of fused-ring (bicyclic) bond motifs is 1. The van der Waals surface area contributed by atoms with Crippen LogP contribution in [-0.2, 0) is 0 Å². The second kappa shape index (κ2) is 5.27. The van der Waals surface area contributed by atoms with E-state index in [2.05, 4.69) is 24.9 Å². The molecular weight excluding hydrogens is 304 g/mol. The van der Waals surface area contributed by atoms with Crippen LogP contribution >= 0.6 is 0 Å². The van der Waals surface area contributed by atoms with Crippen molar-refractivity contribution in [3.05, 3.63) is 48.4 Å². The molecule has 118 valence electrons. The van der Waals surface area contributed by atoms with Gasteiger partial charge in [-0.1, -0.05) is 6.07 Å². The molecule has 4 aromatic heterocycles. The van der Waals surface area contributed by atoms with E-state index in [4.69, 9.17) is 11.5 Å². The Balaban J connectivity index is 2.07. The Morgan fingerprint density at radius 2 is 1.79 bits per heavy atom. The lowest BCUT2D eigenvalue weighted by Gasteiger charge is -2.05. The molecule has 0 aliphatic heterocycles. The lowest BCUT2D eigenvalue weighted by molar-refractivity contribution is 1.10. The fourth-order valence-electron chi connectivity index (χ4n) is 2.55. The van der Waals surface area contributed by atoms with E-state index in [0.29, 0.717) is 23.0 Å². The number of imidazole rings is 1. The van der Waals surface area contributed by atoms with Gasteiger partial charge in [-0.15, -0.1) is 0 Å². The fourth-order valence-corrected chi connectivity index (χ4v) is 2.55. The van der Waals surface area contributed by atoms with Crippen molar-refractivity contribution in [1.29, 1.82) is 0 Å². The second-order valence-electron chi connectivity index (χ2n) is 5.30. The van der Waals surface area contributed by atoms with Gasteiger partial charge in [0.15, 0.2) is 0 Å². The highest BCUT2D eigenvalue weighted by Gasteiger charge is 2.19. The fraction of sp³-hybridized carbons (Fsp3) is 0.0625. The number of nitrogens with two attached hydrogens (primary N) is 2. The molecule has 4 heterocycles. The van der Waals surface area contributed by atoms with Gasteiger partial charge in [-0.3, -0.25) is 9.38 Å². The molecule has 0 fully saturated rings. The summed E-state index contributed by atoms with van der Waals surface area (Å²) in [7, 11) is 0. The zero-order chi connectivity index (χ0) is 16.7. The van der Waals surface area contributed by atoms with Gasteiger partial charge < -0.3 is 11.5 Å². The number of hydrogen-bond donors (Lipinski definition) is 2. The molecule has 0 atom stereocenters. The first-order valence-corrected chi connectivity index (χ1v) is 7.29. The monoisotopic (exact) mass is 318 g/mol. The quantitative estimate of drug-likeness (QED) is 0.577. The Morgan fingerprint density at radius 3 is 2.58 bits per heavy atom. The maximum Gasteiger partial charge on any atom is 0.236 e. The van der Waals surface area contributed by atoms with E-state index in [-0.39, 0.29) is 5.95 Å². The first kappa shape index (κ1) is 14.1. The van der Waals surface area contributed by atoms with Gasteiger partial charge in [-0.2, -0.15) is 4.98 Å². The van der Waals surface area contributed by atoms with Gasteiger partial charge >= 0.3 is 0 Å². The van der Waals surface area contributed by atoms with Gasteiger partial charge in [-0.05, 0) is 31.2 Å². The Kier molecular flexibility index (Phi) is 3.09. The molecule has 0 bridgehead atoms. The van der Waals surface area contributed by atoms with Crippen molar-refractivity contribution in [3.8, 4) is 22.8 Å². The normalized spacial score (nSPS) is 11.0. The Bertz CT molecular complexity index is 1050. The Labute approximate surface area is 137 Å². The molecule has 0 saturated carbocycles. The SMILES string of the molecule is Cc1cccc(-c2nc3nc(N)ccn3c2-c2ccnc(N)n2)n1. The van der Waals surface area contributed by atoms with Crippen molar-refractivity contribution in [2.75, 3.05) is 11.5 Å². The molecule has 0 radical (unpaired) electrons. The van der Waals surface area contributed by atoms with Crippen LogP contribution in [0.1, 0.15) is 5.69 Å². The predicted octanol–water partition coefficient (Wildman–Crippen LogP) is 1.72. The average Bonchev–Trinajstić information content (AvgIpc) is 2.93. The van der Waals surface area contributed by atoms with Crippen LogP contribution in [-0.4, -0.2) is 29.3 Å². The first-order chi connectivity index (χ1) is 11.6. The highest BCUT2D eigenvalue weighted by atomic mass is 15.1. The number of aromatic nitrogens is 6. The molecule has 0 aromatic carbocycles. The predicted molar refractivity (Wildman–Crippen MR) is 90.8 cm³/mol. The molecule has 0 spiro atoms. The van der Waals surface area contributed by atoms with E-state index < -0.39 is 0 Å². The zero-order valence-corrected chi connectivity index (χ0v) is 12.9. The van der Waals surface area contributed by atoms with E-state index >= 15 is 0 Å². The third-order valence-corrected chi connectivity index (χ3v) is 3.56. The molecular formula is C16H14N8. The van der Waals surface area contributed by atoms with E-state index in [0.717, 1.165) is 17.1 Å². The summed E-state index contributed by atoms with van der Waals surface area (Å²) in [5.74, 6) is 1.06. The first-order valence-electron chi connectivity index (χ1n) is 7.29. The summed E-state index contributed by atoms with van der Waals surface area (Å²) in [6, 6.07) is 9.23. The van der Waals surface area contributed by atoms with Crippen LogP contribution in [0, 0.1) is 6.92 Å². The molecule has 0 aliphatic rings. The maximum absolute atomic E-state index is 5.78. The summed E-state index contributed by atoms with van der Waals surface area (Å²) < 4.78 is 1.82. The number of nitrogens with zero attached hydrogens (tertiary/aromatic N) is 6. The third-order valence-electron chi connectivity index (χ3n) is 3.56. The van der Waals surface area contributed by atoms with Crippen molar-refractivity contribution >= 4 is 17.5 Å². The van der Waals surface area contributed by atoms with Crippen LogP contribution in [0.25, 0.3) is 28.6 Å². The largest absolute Gasteiger partial charge is 0.384 e. The number of aryl methyl sites for hydroxylation is 1. The highest BCUT2D eigenvalue weighted by molar-refractivity contribution is 5.78. The topological polar surface area (TPSA) is 121 Å². The third kappa shape index (κ3) is 2.30. The summed E-state index contributed by atoms with van der Waals surface area (Å²) >= 11 is 0. The van der Waals surface area contributed by atoms with Gasteiger partial charge in [0.05, 0.1) is 11.4 Å². The maximum atomic E-state index is 5.78. The summed E-state index contributed by atoms with van der Waals surface area (Å²) in [4.78, 5) is 21.7. The summed E-state index contributed by atoms with van der Waals surface area (Å²) in [6.45, 7) is 1.93. The molecule has 4 rings (SSSR count). The number of rotatable bonds is 2. The van der Waals surface area contributed by atoms with Crippen LogP contribution in [0.15, 0.2) is 42.7 Å². The lowest BCUT2D eigenvalue weighted by Crippen LogP contribution is -1.99. The summed E-state index contributed by atoms with van der Waals surface area (Å²) in [6.07, 6.45) is 3.41. The molecule has 4 N–H and O–H groups in total. The van der Waals surface area contributed by atoms with Crippen molar-refractivity contribution in [3.63, 3.8) is 0 Å². The molecule has 8 nitrogen and oxygen atoms in total. The van der Waals surface area contributed by atoms with Crippen molar-refractivity contribution in [1.82, 2.24) is 29.3 Å². The Morgan fingerprint density at radius 1 is 0.917 bits per heavy atom. The van der Waals surface area contributed by atoms with E-state index in [1.165, 1.54) is 0 Å². The standard InChI is InChI=1S/C16H14N8/c1-9-3-2-4-10(20-9)13-14(11-5-7-19-15(18)21-11)24-8-6-12(17)22-16(24)23-13/h2-8H,1H3,(H2,17,22,23)(H2,18,19,21). The number of pyridine rings is 1. The molecule has 4 aromatic rings. The van der Waals surface area contributed by atoms with Crippen molar-refractivity contribution in [2.45, 2.75) is 6.92 Å². The summed E-state index contributed by atoms with van der Waals surface area (Å²) in [5.41, 5.74) is 15.2. The minimum absolute atomic E-state index is 0.189. The lowest BCUT2D eigenvalue weighted by atomic mass is 10.1. The molecule has 24 heavy (non-hydrogen) atoms. The smallest absolute Gasteiger partial charge is 0.236 e. The van der Waals surface area contributed by atoms with Crippen LogP contribution in [0.3, 0.4) is 0 Å². The minimum Gasteiger partial charge on any atom is -0.384 e. The van der Waals surface area contributed by atoms with Gasteiger partial charge in [0.25, 0.3) is 0 Å². The van der Waals surface area contributed by atoms with Crippen LogP contribution < -0.4 is 11.5 Å². The highest BCUT2D eigenvalue weighted by Crippen LogP contribution is 2.30. The van der Waals surface area contributed by atoms with E-state index in [9.17, 15) is 0 Å². The number of nitrogen functional groups attached to an aromatic ring is 2. The molecule has 0 aliphatic carbocycles. The molecule has 0 saturated heterocycles. The van der Waals surface area contributed by atoms with Crippen molar-refractivity contribution < 1.29 is 0 Å². The van der Waals surface area contributed by atoms with Gasteiger partial charge in [0.1, 0.15) is 17.2 Å². The van der Waals surface area contributed by atoms with Crippen LogP contribution in [0.5, 0.6) is 0 Å². The van der Waals surface area contributed by atoms with Gasteiger partial charge in [0.2, 0.25) is 11.7 Å². The van der Waals surface area contributed by atoms with E-state index in [1.807, 2.05) is 29.5 Å². The Hall–Kier alpha value is -3.55. The molecule has 0 unspecified atom stereocenters. The van der Waals surface area contributed by atoms with E-state index in [1.54, 1.807) is 24.5 Å². The summed E-state index contributed by atoms with van der Waals surface area (Å²) in [5, 5.41) is 0. The average molecular weight is 318 g/mol. The second-order valence-corrected chi connectivity index (χ2v) is 5.30. The van der Waals surface area contributed by atoms with Gasteiger partial charge in [0, 0.05) is 18.1 Å². The van der Waals surface area contributed by atoms with Gasteiger partial charge in [-0.25, -0.2) is 15.0 Å². The molecule has 0 amide bonds.